The van der Waals surface area contributed by atoms with Crippen LogP contribution in [0.3, 0.4) is 0 Å². The summed E-state index contributed by atoms with van der Waals surface area (Å²) in [5, 5.41) is 4.19. The number of benzene rings is 3. The zero-order chi connectivity index (χ0) is 12.9. The number of hydrogen-bond acceptors (Lipinski definition) is 0. The van der Waals surface area contributed by atoms with Gasteiger partial charge in [-0.3, -0.25) is 0 Å². The zero-order valence-corrected chi connectivity index (χ0v) is 11.5. The Morgan fingerprint density at radius 1 is 0.400 bits per heavy atom. The average molecular weight is 304 g/mol. The Kier molecular flexibility index (Phi) is 6.26. The van der Waals surface area contributed by atoms with Crippen LogP contribution in [0.15, 0.2) is 91.0 Å². The normalized spacial score (nSPS) is 10.1. The van der Waals surface area contributed by atoms with E-state index >= 15 is 0 Å². The van der Waals surface area contributed by atoms with E-state index in [1.54, 1.807) is 0 Å². The molecule has 96 valence electrons. The molecule has 3 aromatic carbocycles. The van der Waals surface area contributed by atoms with Gasteiger partial charge < -0.3 is 0 Å². The molecule has 0 fully saturated rings. The molecule has 20 heavy (non-hydrogen) atoms. The quantitative estimate of drug-likeness (QED) is 0.515. The van der Waals surface area contributed by atoms with E-state index in [1.165, 1.54) is 15.9 Å². The van der Waals surface area contributed by atoms with Gasteiger partial charge in [-0.05, 0) is 23.8 Å². The largest absolute Gasteiger partial charge is 0.0622 e. The minimum atomic E-state index is -0.446. The molecule has 0 atom stereocenters. The van der Waals surface area contributed by atoms with E-state index in [2.05, 4.69) is 91.0 Å². The molecule has 0 aliphatic rings. The van der Waals surface area contributed by atoms with E-state index in [1.807, 2.05) is 0 Å². The molecule has 0 bridgehead atoms. The van der Waals surface area contributed by atoms with E-state index in [0.29, 0.717) is 0 Å². The van der Waals surface area contributed by atoms with Crippen molar-refractivity contribution in [2.24, 2.45) is 0 Å². The van der Waals surface area contributed by atoms with Crippen molar-refractivity contribution in [2.75, 3.05) is 0 Å². The molecule has 3 rings (SSSR count). The van der Waals surface area contributed by atoms with Gasteiger partial charge in [-0.2, -0.15) is 0 Å². The van der Waals surface area contributed by atoms with Crippen molar-refractivity contribution in [3.05, 3.63) is 91.0 Å². The second kappa shape index (κ2) is 7.96. The maximum Gasteiger partial charge on any atom is -0.0134 e. The van der Waals surface area contributed by atoms with Gasteiger partial charge in [-0.1, -0.05) is 91.0 Å². The van der Waals surface area contributed by atoms with Crippen LogP contribution < -0.4 is 15.9 Å². The van der Waals surface area contributed by atoms with Crippen LogP contribution in [-0.2, 0) is 0 Å². The first kappa shape index (κ1) is 15.7. The first-order valence-electron chi connectivity index (χ1n) is 6.40. The topological polar surface area (TPSA) is 0 Å². The molecular formula is C18H17CaP. The maximum absolute atomic E-state index is 2.23. The second-order valence-corrected chi connectivity index (χ2v) is 6.56. The Morgan fingerprint density at radius 3 is 0.900 bits per heavy atom. The Morgan fingerprint density at radius 2 is 0.650 bits per heavy atom. The van der Waals surface area contributed by atoms with Crippen molar-refractivity contribution in [1.29, 1.82) is 0 Å². The van der Waals surface area contributed by atoms with Gasteiger partial charge in [0.05, 0.1) is 0 Å². The first-order chi connectivity index (χ1) is 9.45. The summed E-state index contributed by atoms with van der Waals surface area (Å²) in [7, 11) is -0.446. The SMILES string of the molecule is [CaH2].c1ccc(P(c2ccccc2)c2ccccc2)cc1. The van der Waals surface area contributed by atoms with Crippen LogP contribution in [0.2, 0.25) is 0 Å². The Hall–Kier alpha value is -0.650. The van der Waals surface area contributed by atoms with Crippen molar-refractivity contribution in [1.82, 2.24) is 0 Å². The third-order valence-electron chi connectivity index (χ3n) is 3.04. The maximum atomic E-state index is 2.23. The van der Waals surface area contributed by atoms with Crippen molar-refractivity contribution >= 4 is 61.6 Å². The van der Waals surface area contributed by atoms with Crippen LogP contribution in [-0.4, -0.2) is 37.7 Å². The van der Waals surface area contributed by atoms with Gasteiger partial charge in [0.15, 0.2) is 0 Å². The summed E-state index contributed by atoms with van der Waals surface area (Å²) in [6.45, 7) is 0. The summed E-state index contributed by atoms with van der Waals surface area (Å²) in [6, 6.07) is 32.3. The van der Waals surface area contributed by atoms with E-state index in [-0.39, 0.29) is 37.7 Å². The Bertz CT molecular complexity index is 529. The van der Waals surface area contributed by atoms with Crippen LogP contribution in [0.4, 0.5) is 0 Å². The van der Waals surface area contributed by atoms with E-state index in [4.69, 9.17) is 0 Å². The van der Waals surface area contributed by atoms with Gasteiger partial charge in [0.1, 0.15) is 0 Å². The summed E-state index contributed by atoms with van der Waals surface area (Å²) in [5.74, 6) is 0. The molecule has 0 unspecified atom stereocenters. The molecule has 0 aliphatic heterocycles. The monoisotopic (exact) mass is 304 g/mol. The molecule has 0 radical (unpaired) electrons. The molecule has 0 heterocycles. The van der Waals surface area contributed by atoms with E-state index in [0.717, 1.165) is 0 Å². The van der Waals surface area contributed by atoms with Gasteiger partial charge in [-0.25, -0.2) is 0 Å². The van der Waals surface area contributed by atoms with Gasteiger partial charge >= 0.3 is 37.7 Å². The molecule has 0 amide bonds. The standard InChI is InChI=1S/C18H15P.Ca.2H/c1-4-10-16(11-5-1)19(17-12-6-2-7-13-17)18-14-8-3-9-15-18;;;/h1-15H;;;. The summed E-state index contributed by atoms with van der Waals surface area (Å²) in [4.78, 5) is 0. The average Bonchev–Trinajstić information content (AvgIpc) is 2.51. The molecule has 0 saturated heterocycles. The molecule has 0 nitrogen and oxygen atoms in total. The second-order valence-electron chi connectivity index (χ2n) is 4.34. The first-order valence-corrected chi connectivity index (χ1v) is 7.74. The molecule has 0 spiro atoms. The number of rotatable bonds is 3. The third-order valence-corrected chi connectivity index (χ3v) is 5.49. The molecule has 0 aromatic heterocycles. The molecular weight excluding hydrogens is 287 g/mol. The Balaban J connectivity index is 0.00000147. The van der Waals surface area contributed by atoms with Crippen LogP contribution in [0.25, 0.3) is 0 Å². The van der Waals surface area contributed by atoms with Crippen LogP contribution in [0.5, 0.6) is 0 Å². The van der Waals surface area contributed by atoms with Crippen LogP contribution >= 0.6 is 7.92 Å². The van der Waals surface area contributed by atoms with E-state index in [9.17, 15) is 0 Å². The van der Waals surface area contributed by atoms with Gasteiger partial charge in [-0.15, -0.1) is 0 Å². The van der Waals surface area contributed by atoms with Gasteiger partial charge in [0, 0.05) is 0 Å². The fourth-order valence-electron chi connectivity index (χ4n) is 2.18. The van der Waals surface area contributed by atoms with Gasteiger partial charge in [0.2, 0.25) is 0 Å². The van der Waals surface area contributed by atoms with Crippen LogP contribution in [0, 0.1) is 0 Å². The minimum Gasteiger partial charge on any atom is -0.0622 e. The van der Waals surface area contributed by atoms with Crippen molar-refractivity contribution < 1.29 is 0 Å². The molecule has 2 heteroatoms. The fraction of sp³-hybridized carbons (Fsp3) is 0. The van der Waals surface area contributed by atoms with Crippen molar-refractivity contribution in [2.45, 2.75) is 0 Å². The molecule has 0 N–H and O–H groups in total. The third kappa shape index (κ3) is 3.71. The summed E-state index contributed by atoms with van der Waals surface area (Å²) < 4.78 is 0. The molecule has 3 aromatic rings. The molecule has 0 aliphatic carbocycles. The minimum absolute atomic E-state index is 0. The summed E-state index contributed by atoms with van der Waals surface area (Å²) in [6.07, 6.45) is 0. The van der Waals surface area contributed by atoms with Crippen molar-refractivity contribution in [3.8, 4) is 0 Å². The Labute approximate surface area is 151 Å². The summed E-state index contributed by atoms with van der Waals surface area (Å²) in [5.41, 5.74) is 0. The zero-order valence-electron chi connectivity index (χ0n) is 10.6. The van der Waals surface area contributed by atoms with E-state index < -0.39 is 7.92 Å². The smallest absolute Gasteiger partial charge is 0.0134 e. The van der Waals surface area contributed by atoms with Crippen LogP contribution in [0.1, 0.15) is 0 Å². The van der Waals surface area contributed by atoms with Gasteiger partial charge in [0.25, 0.3) is 0 Å². The molecule has 0 saturated carbocycles. The predicted octanol–water partition coefficient (Wildman–Crippen LogP) is 2.53. The predicted molar refractivity (Wildman–Crippen MR) is 93.7 cm³/mol. The fourth-order valence-corrected chi connectivity index (χ4v) is 4.48. The summed E-state index contributed by atoms with van der Waals surface area (Å²) >= 11 is 0. The van der Waals surface area contributed by atoms with Crippen molar-refractivity contribution in [3.63, 3.8) is 0 Å². The number of hydrogen-bond donors (Lipinski definition) is 0.